The molecule has 2 heterocycles. The van der Waals surface area contributed by atoms with Crippen LogP contribution < -0.4 is 0 Å². The number of hydrogen-bond donors (Lipinski definition) is 0. The second-order valence-corrected chi connectivity index (χ2v) is 4.60. The number of rotatable bonds is 2. The largest absolute Gasteiger partial charge is 0.341 e. The first kappa shape index (κ1) is 11.1. The lowest BCUT2D eigenvalue weighted by Crippen LogP contribution is -2.40. The van der Waals surface area contributed by atoms with E-state index >= 15 is 0 Å². The van der Waals surface area contributed by atoms with E-state index in [4.69, 9.17) is 0 Å². The number of aryl methyl sites for hydroxylation is 1. The molecule has 5 nitrogen and oxygen atoms in total. The van der Waals surface area contributed by atoms with Gasteiger partial charge in [-0.25, -0.2) is 4.68 Å². The SMILES string of the molecule is Cc1cnnn1CC(=O)N1CCC(C)CC1. The van der Waals surface area contributed by atoms with Crippen molar-refractivity contribution in [2.24, 2.45) is 5.92 Å². The maximum atomic E-state index is 12.0. The summed E-state index contributed by atoms with van der Waals surface area (Å²) in [6, 6.07) is 0. The molecular weight excluding hydrogens is 204 g/mol. The highest BCUT2D eigenvalue weighted by Crippen LogP contribution is 2.16. The van der Waals surface area contributed by atoms with Gasteiger partial charge in [-0.2, -0.15) is 0 Å². The Bertz CT molecular complexity index is 366. The molecule has 0 N–H and O–H groups in total. The molecule has 1 aromatic rings. The van der Waals surface area contributed by atoms with Gasteiger partial charge in [0, 0.05) is 13.1 Å². The van der Waals surface area contributed by atoms with Crippen LogP contribution in [0.3, 0.4) is 0 Å². The highest BCUT2D eigenvalue weighted by atomic mass is 16.2. The lowest BCUT2D eigenvalue weighted by Gasteiger charge is -2.30. The van der Waals surface area contributed by atoms with Crippen LogP contribution in [-0.2, 0) is 11.3 Å². The predicted molar refractivity (Wildman–Crippen MR) is 59.7 cm³/mol. The molecule has 0 saturated carbocycles. The van der Waals surface area contributed by atoms with Gasteiger partial charge in [-0.3, -0.25) is 4.79 Å². The molecular formula is C11H18N4O. The average molecular weight is 222 g/mol. The number of amides is 1. The highest BCUT2D eigenvalue weighted by molar-refractivity contribution is 5.76. The van der Waals surface area contributed by atoms with Gasteiger partial charge in [-0.1, -0.05) is 12.1 Å². The molecule has 0 aromatic carbocycles. The van der Waals surface area contributed by atoms with Crippen molar-refractivity contribution in [2.45, 2.75) is 33.2 Å². The summed E-state index contributed by atoms with van der Waals surface area (Å²) in [6.45, 7) is 6.23. The molecule has 0 bridgehead atoms. The molecule has 1 saturated heterocycles. The van der Waals surface area contributed by atoms with Crippen LogP contribution in [0.2, 0.25) is 0 Å². The monoisotopic (exact) mass is 222 g/mol. The zero-order valence-electron chi connectivity index (χ0n) is 9.89. The molecule has 1 aromatic heterocycles. The smallest absolute Gasteiger partial charge is 0.244 e. The Kier molecular flexibility index (Phi) is 3.22. The van der Waals surface area contributed by atoms with E-state index in [-0.39, 0.29) is 5.91 Å². The normalized spacial score (nSPS) is 17.8. The van der Waals surface area contributed by atoms with Crippen LogP contribution in [0.25, 0.3) is 0 Å². The maximum absolute atomic E-state index is 12.0. The fraction of sp³-hybridized carbons (Fsp3) is 0.727. The molecule has 16 heavy (non-hydrogen) atoms. The van der Waals surface area contributed by atoms with E-state index in [2.05, 4.69) is 17.2 Å². The van der Waals surface area contributed by atoms with Crippen molar-refractivity contribution in [3.63, 3.8) is 0 Å². The predicted octanol–water partition coefficient (Wildman–Crippen LogP) is 0.845. The summed E-state index contributed by atoms with van der Waals surface area (Å²) in [5.41, 5.74) is 0.929. The van der Waals surface area contributed by atoms with E-state index in [1.807, 2.05) is 11.8 Å². The molecule has 1 aliphatic rings. The van der Waals surface area contributed by atoms with E-state index in [0.717, 1.165) is 37.5 Å². The zero-order valence-corrected chi connectivity index (χ0v) is 9.89. The number of likely N-dealkylation sites (tertiary alicyclic amines) is 1. The van der Waals surface area contributed by atoms with Crippen molar-refractivity contribution < 1.29 is 4.79 Å². The minimum Gasteiger partial charge on any atom is -0.341 e. The van der Waals surface area contributed by atoms with Crippen molar-refractivity contribution in [1.82, 2.24) is 19.9 Å². The number of carbonyl (C=O) groups is 1. The van der Waals surface area contributed by atoms with E-state index in [0.29, 0.717) is 6.54 Å². The molecule has 0 radical (unpaired) electrons. The van der Waals surface area contributed by atoms with E-state index < -0.39 is 0 Å². The summed E-state index contributed by atoms with van der Waals surface area (Å²) < 4.78 is 1.65. The third-order valence-electron chi connectivity index (χ3n) is 3.23. The fourth-order valence-electron chi connectivity index (χ4n) is 1.95. The summed E-state index contributed by atoms with van der Waals surface area (Å²) in [5.74, 6) is 0.901. The minimum atomic E-state index is 0.153. The average Bonchev–Trinajstić information content (AvgIpc) is 2.65. The van der Waals surface area contributed by atoms with Crippen LogP contribution in [0.1, 0.15) is 25.5 Å². The Morgan fingerprint density at radius 1 is 1.50 bits per heavy atom. The third-order valence-corrected chi connectivity index (χ3v) is 3.23. The summed E-state index contributed by atoms with van der Waals surface area (Å²) in [6.07, 6.45) is 3.90. The van der Waals surface area contributed by atoms with Gasteiger partial charge < -0.3 is 4.90 Å². The van der Waals surface area contributed by atoms with Crippen molar-refractivity contribution in [2.75, 3.05) is 13.1 Å². The summed E-state index contributed by atoms with van der Waals surface area (Å²) in [7, 11) is 0. The van der Waals surface area contributed by atoms with Crippen LogP contribution in [-0.4, -0.2) is 38.9 Å². The van der Waals surface area contributed by atoms with Gasteiger partial charge >= 0.3 is 0 Å². The number of carbonyl (C=O) groups excluding carboxylic acids is 1. The second-order valence-electron chi connectivity index (χ2n) is 4.60. The van der Waals surface area contributed by atoms with Crippen LogP contribution in [0.4, 0.5) is 0 Å². The Morgan fingerprint density at radius 2 is 2.19 bits per heavy atom. The van der Waals surface area contributed by atoms with Gasteiger partial charge in [0.1, 0.15) is 6.54 Å². The topological polar surface area (TPSA) is 51.0 Å². The summed E-state index contributed by atoms with van der Waals surface area (Å²) >= 11 is 0. The first-order valence-corrected chi connectivity index (χ1v) is 5.79. The number of piperidine rings is 1. The molecule has 2 rings (SSSR count). The second kappa shape index (κ2) is 4.63. The molecule has 1 fully saturated rings. The van der Waals surface area contributed by atoms with Gasteiger partial charge in [-0.05, 0) is 25.7 Å². The molecule has 1 aliphatic heterocycles. The Hall–Kier alpha value is -1.39. The summed E-state index contributed by atoms with van der Waals surface area (Å²) in [4.78, 5) is 13.9. The van der Waals surface area contributed by atoms with Gasteiger partial charge in [-0.15, -0.1) is 5.10 Å². The number of nitrogens with zero attached hydrogens (tertiary/aromatic N) is 4. The summed E-state index contributed by atoms with van der Waals surface area (Å²) in [5, 5.41) is 7.66. The van der Waals surface area contributed by atoms with Crippen molar-refractivity contribution in [3.05, 3.63) is 11.9 Å². The van der Waals surface area contributed by atoms with E-state index in [9.17, 15) is 4.79 Å². The van der Waals surface area contributed by atoms with Crippen LogP contribution >= 0.6 is 0 Å². The van der Waals surface area contributed by atoms with Crippen molar-refractivity contribution in [3.8, 4) is 0 Å². The zero-order chi connectivity index (χ0) is 11.5. The van der Waals surface area contributed by atoms with Gasteiger partial charge in [0.2, 0.25) is 5.91 Å². The molecule has 88 valence electrons. The first-order valence-electron chi connectivity index (χ1n) is 5.79. The fourth-order valence-corrected chi connectivity index (χ4v) is 1.95. The first-order chi connectivity index (χ1) is 7.66. The van der Waals surface area contributed by atoms with Gasteiger partial charge in [0.05, 0.1) is 11.9 Å². The number of aromatic nitrogens is 3. The maximum Gasteiger partial charge on any atom is 0.244 e. The van der Waals surface area contributed by atoms with E-state index in [1.165, 1.54) is 0 Å². The minimum absolute atomic E-state index is 0.153. The quantitative estimate of drug-likeness (QED) is 0.745. The molecule has 5 heteroatoms. The van der Waals surface area contributed by atoms with Gasteiger partial charge in [0.15, 0.2) is 0 Å². The molecule has 1 amide bonds. The lowest BCUT2D eigenvalue weighted by molar-refractivity contribution is -0.133. The Balaban J connectivity index is 1.91. The van der Waals surface area contributed by atoms with Crippen molar-refractivity contribution >= 4 is 5.91 Å². The van der Waals surface area contributed by atoms with Crippen LogP contribution in [0, 0.1) is 12.8 Å². The molecule has 0 spiro atoms. The molecule has 0 unspecified atom stereocenters. The highest BCUT2D eigenvalue weighted by Gasteiger charge is 2.20. The molecule has 0 aliphatic carbocycles. The van der Waals surface area contributed by atoms with E-state index in [1.54, 1.807) is 10.9 Å². The van der Waals surface area contributed by atoms with Crippen LogP contribution in [0.15, 0.2) is 6.20 Å². The third kappa shape index (κ3) is 2.40. The molecule has 0 atom stereocenters. The Morgan fingerprint density at radius 3 is 2.75 bits per heavy atom. The van der Waals surface area contributed by atoms with Gasteiger partial charge in [0.25, 0.3) is 0 Å². The van der Waals surface area contributed by atoms with Crippen LogP contribution in [0.5, 0.6) is 0 Å². The Labute approximate surface area is 95.4 Å². The van der Waals surface area contributed by atoms with Crippen molar-refractivity contribution in [1.29, 1.82) is 0 Å². The number of hydrogen-bond acceptors (Lipinski definition) is 3. The standard InChI is InChI=1S/C11H18N4O/c1-9-3-5-14(6-4-9)11(16)8-15-10(2)7-12-13-15/h7,9H,3-6,8H2,1-2H3. The lowest BCUT2D eigenvalue weighted by atomic mass is 9.99.